The van der Waals surface area contributed by atoms with Crippen molar-refractivity contribution in [3.8, 4) is 5.75 Å². The van der Waals surface area contributed by atoms with Crippen molar-refractivity contribution in [3.05, 3.63) is 53.5 Å². The molecule has 9 heteroatoms. The van der Waals surface area contributed by atoms with Gasteiger partial charge in [0.1, 0.15) is 12.4 Å². The summed E-state index contributed by atoms with van der Waals surface area (Å²) in [5, 5.41) is 0. The first-order valence-corrected chi connectivity index (χ1v) is 9.05. The highest BCUT2D eigenvalue weighted by Crippen LogP contribution is 2.30. The minimum atomic E-state index is -4.42. The smallest absolute Gasteiger partial charge is 0.417 e. The van der Waals surface area contributed by atoms with Crippen LogP contribution in [0.1, 0.15) is 24.0 Å². The lowest BCUT2D eigenvalue weighted by molar-refractivity contribution is -0.150. The van der Waals surface area contributed by atoms with Crippen LogP contribution in [0.25, 0.3) is 0 Å². The van der Waals surface area contributed by atoms with Gasteiger partial charge in [0, 0.05) is 19.3 Å². The topological polar surface area (TPSA) is 51.7 Å². The molecule has 5 nitrogen and oxygen atoms in total. The molecule has 0 N–H and O–H groups in total. The average Bonchev–Trinajstić information content (AvgIpc) is 2.71. The van der Waals surface area contributed by atoms with E-state index in [0.717, 1.165) is 12.3 Å². The number of pyridine rings is 1. The van der Waals surface area contributed by atoms with Gasteiger partial charge < -0.3 is 14.4 Å². The Morgan fingerprint density at radius 2 is 1.93 bits per heavy atom. The molecule has 2 aromatic rings. The number of ether oxygens (including phenoxy) is 2. The lowest BCUT2D eigenvalue weighted by atomic mass is 9.97. The predicted octanol–water partition coefficient (Wildman–Crippen LogP) is 4.21. The number of hydrogen-bond donors (Lipinski definition) is 0. The molecule has 1 aliphatic rings. The maximum Gasteiger partial charge on any atom is 0.417 e. The number of nitrogens with zero attached hydrogens (tertiary/aromatic N) is 2. The van der Waals surface area contributed by atoms with Gasteiger partial charge in [0.25, 0.3) is 0 Å². The third-order valence-electron chi connectivity index (χ3n) is 4.82. The van der Waals surface area contributed by atoms with Gasteiger partial charge in [0.05, 0.1) is 18.6 Å². The zero-order valence-electron chi connectivity index (χ0n) is 15.7. The van der Waals surface area contributed by atoms with Gasteiger partial charge in [-0.2, -0.15) is 13.2 Å². The molecule has 0 bridgehead atoms. The summed E-state index contributed by atoms with van der Waals surface area (Å²) in [7, 11) is 1.37. The van der Waals surface area contributed by atoms with Crippen molar-refractivity contribution in [1.82, 2.24) is 4.98 Å². The maximum absolute atomic E-state index is 13.7. The van der Waals surface area contributed by atoms with Crippen LogP contribution in [-0.2, 0) is 22.3 Å². The predicted molar refractivity (Wildman–Crippen MR) is 96.9 cm³/mol. The summed E-state index contributed by atoms with van der Waals surface area (Å²) in [6, 6.07) is 6.67. The molecule has 0 saturated carbocycles. The summed E-state index contributed by atoms with van der Waals surface area (Å²) >= 11 is 0. The minimum Gasteiger partial charge on any atom is -0.494 e. The van der Waals surface area contributed by atoms with Crippen LogP contribution in [0, 0.1) is 11.7 Å². The van der Waals surface area contributed by atoms with E-state index >= 15 is 0 Å². The van der Waals surface area contributed by atoms with E-state index in [9.17, 15) is 22.4 Å². The summed E-state index contributed by atoms with van der Waals surface area (Å²) in [6.45, 7) is 0.922. The number of esters is 1. The summed E-state index contributed by atoms with van der Waals surface area (Å²) in [4.78, 5) is 18.0. The van der Waals surface area contributed by atoms with Crippen molar-refractivity contribution in [1.29, 1.82) is 0 Å². The fourth-order valence-electron chi connectivity index (χ4n) is 3.16. The van der Waals surface area contributed by atoms with Gasteiger partial charge in [-0.05, 0) is 42.7 Å². The van der Waals surface area contributed by atoms with Gasteiger partial charge in [-0.15, -0.1) is 0 Å². The van der Waals surface area contributed by atoms with E-state index < -0.39 is 17.6 Å². The molecule has 0 spiro atoms. The minimum absolute atomic E-state index is 0.0412. The summed E-state index contributed by atoms with van der Waals surface area (Å²) < 4.78 is 61.7. The van der Waals surface area contributed by atoms with Crippen LogP contribution in [0.15, 0.2) is 36.5 Å². The molecular weight excluding hydrogens is 392 g/mol. The molecule has 0 radical (unpaired) electrons. The van der Waals surface area contributed by atoms with Crippen LogP contribution in [0.5, 0.6) is 5.75 Å². The lowest BCUT2D eigenvalue weighted by Crippen LogP contribution is -2.37. The van der Waals surface area contributed by atoms with E-state index in [2.05, 4.69) is 4.98 Å². The first-order chi connectivity index (χ1) is 13.8. The number of hydrogen-bond acceptors (Lipinski definition) is 5. The van der Waals surface area contributed by atoms with E-state index in [1.54, 1.807) is 6.07 Å². The molecule has 1 aliphatic heterocycles. The van der Waals surface area contributed by atoms with Crippen molar-refractivity contribution in [2.75, 3.05) is 25.1 Å². The molecule has 2 heterocycles. The molecule has 3 rings (SSSR count). The Kier molecular flexibility index (Phi) is 6.24. The Morgan fingerprint density at radius 1 is 1.21 bits per heavy atom. The van der Waals surface area contributed by atoms with Crippen molar-refractivity contribution in [3.63, 3.8) is 0 Å². The van der Waals surface area contributed by atoms with E-state index in [1.807, 2.05) is 4.90 Å². The van der Waals surface area contributed by atoms with Crippen molar-refractivity contribution in [2.45, 2.75) is 25.6 Å². The Hall–Kier alpha value is -2.84. The highest BCUT2D eigenvalue weighted by atomic mass is 19.4. The standard InChI is InChI=1S/C20H20F4N2O3/c1-28-17-4-2-13(10-16(17)21)12-29-19(27)14-6-8-26(9-7-14)18-5-3-15(11-25-18)20(22,23)24/h2-5,10-11,14H,6-9,12H2,1H3. The average molecular weight is 412 g/mol. The van der Waals surface area contributed by atoms with E-state index in [-0.39, 0.29) is 24.2 Å². The molecule has 0 aliphatic carbocycles. The Bertz CT molecular complexity index is 848. The number of anilines is 1. The fraction of sp³-hybridized carbons (Fsp3) is 0.400. The van der Waals surface area contributed by atoms with Crippen LogP contribution < -0.4 is 9.64 Å². The molecule has 1 fully saturated rings. The zero-order valence-corrected chi connectivity index (χ0v) is 15.7. The van der Waals surface area contributed by atoms with Crippen molar-refractivity contribution in [2.24, 2.45) is 5.92 Å². The third-order valence-corrected chi connectivity index (χ3v) is 4.82. The third kappa shape index (κ3) is 5.16. The van der Waals surface area contributed by atoms with Gasteiger partial charge in [0.15, 0.2) is 11.6 Å². The normalized spacial score (nSPS) is 15.3. The fourth-order valence-corrected chi connectivity index (χ4v) is 3.16. The number of methoxy groups -OCH3 is 1. The van der Waals surface area contributed by atoms with Crippen LogP contribution in [0.3, 0.4) is 0 Å². The van der Waals surface area contributed by atoms with Crippen molar-refractivity contribution < 1.29 is 31.8 Å². The zero-order chi connectivity index (χ0) is 21.0. The Balaban J connectivity index is 1.50. The molecule has 29 heavy (non-hydrogen) atoms. The first kappa shape index (κ1) is 20.9. The van der Waals surface area contributed by atoms with Crippen LogP contribution >= 0.6 is 0 Å². The second-order valence-corrected chi connectivity index (χ2v) is 6.74. The van der Waals surface area contributed by atoms with E-state index in [4.69, 9.17) is 9.47 Å². The number of halogens is 4. The largest absolute Gasteiger partial charge is 0.494 e. The summed E-state index contributed by atoms with van der Waals surface area (Å²) in [5.41, 5.74) is -0.280. The number of benzene rings is 1. The molecule has 1 aromatic heterocycles. The quantitative estimate of drug-likeness (QED) is 0.544. The molecule has 0 unspecified atom stereocenters. The second-order valence-electron chi connectivity index (χ2n) is 6.74. The monoisotopic (exact) mass is 412 g/mol. The van der Waals surface area contributed by atoms with Gasteiger partial charge in [-0.25, -0.2) is 9.37 Å². The van der Waals surface area contributed by atoms with Gasteiger partial charge in [0.2, 0.25) is 0 Å². The number of carbonyl (C=O) groups is 1. The number of alkyl halides is 3. The Labute approximate surface area is 165 Å². The number of piperidine rings is 1. The van der Waals surface area contributed by atoms with Gasteiger partial charge >= 0.3 is 12.1 Å². The van der Waals surface area contributed by atoms with E-state index in [0.29, 0.717) is 37.3 Å². The molecule has 0 amide bonds. The van der Waals surface area contributed by atoms with Crippen molar-refractivity contribution >= 4 is 11.8 Å². The molecule has 1 aromatic carbocycles. The summed E-state index contributed by atoms with van der Waals surface area (Å²) in [6.07, 6.45) is -2.62. The lowest BCUT2D eigenvalue weighted by Gasteiger charge is -2.31. The second kappa shape index (κ2) is 8.67. The first-order valence-electron chi connectivity index (χ1n) is 9.05. The van der Waals surface area contributed by atoms with Crippen LogP contribution in [-0.4, -0.2) is 31.2 Å². The van der Waals surface area contributed by atoms with Gasteiger partial charge in [-0.3, -0.25) is 4.79 Å². The SMILES string of the molecule is COc1ccc(COC(=O)C2CCN(c3ccc(C(F)(F)F)cn3)CC2)cc1F. The number of aromatic nitrogens is 1. The molecule has 0 atom stereocenters. The molecular formula is C20H20F4N2O3. The van der Waals surface area contributed by atoms with Crippen LogP contribution in [0.4, 0.5) is 23.4 Å². The Morgan fingerprint density at radius 3 is 2.48 bits per heavy atom. The summed E-state index contributed by atoms with van der Waals surface area (Å²) in [5.74, 6) is -0.661. The number of carbonyl (C=O) groups excluding carboxylic acids is 1. The van der Waals surface area contributed by atoms with Gasteiger partial charge in [-0.1, -0.05) is 6.07 Å². The highest BCUT2D eigenvalue weighted by Gasteiger charge is 2.31. The number of rotatable bonds is 5. The molecule has 1 saturated heterocycles. The van der Waals surface area contributed by atoms with E-state index in [1.165, 1.54) is 25.3 Å². The molecule has 156 valence electrons. The maximum atomic E-state index is 13.7. The van der Waals surface area contributed by atoms with Crippen LogP contribution in [0.2, 0.25) is 0 Å². The highest BCUT2D eigenvalue weighted by molar-refractivity contribution is 5.73.